The van der Waals surface area contributed by atoms with Gasteiger partial charge in [0.15, 0.2) is 0 Å². The maximum Gasteiger partial charge on any atom is 0.339 e. The van der Waals surface area contributed by atoms with Crippen molar-refractivity contribution in [3.05, 3.63) is 23.2 Å². The van der Waals surface area contributed by atoms with Crippen LogP contribution in [-0.4, -0.2) is 56.0 Å². The summed E-state index contributed by atoms with van der Waals surface area (Å²) in [5, 5.41) is 9.03. The summed E-state index contributed by atoms with van der Waals surface area (Å²) < 4.78 is 15.8. The van der Waals surface area contributed by atoms with Gasteiger partial charge in [0.2, 0.25) is 0 Å². The summed E-state index contributed by atoms with van der Waals surface area (Å²) in [5.41, 5.74) is 0.214. The quantitative estimate of drug-likeness (QED) is 0.745. The number of hydrogen-bond donors (Lipinski definition) is 1. The summed E-state index contributed by atoms with van der Waals surface area (Å²) in [4.78, 5) is 13.2. The van der Waals surface area contributed by atoms with E-state index in [1.54, 1.807) is 27.2 Å². The smallest absolute Gasteiger partial charge is 0.339 e. The van der Waals surface area contributed by atoms with Gasteiger partial charge >= 0.3 is 5.97 Å². The number of hydrogen-bond acceptors (Lipinski definition) is 5. The Morgan fingerprint density at radius 1 is 1.45 bits per heavy atom. The van der Waals surface area contributed by atoms with Gasteiger partial charge in [-0.2, -0.15) is 0 Å². The molecule has 0 radical (unpaired) electrons. The summed E-state index contributed by atoms with van der Waals surface area (Å²) in [5.74, 6) is 0.100. The van der Waals surface area contributed by atoms with E-state index in [2.05, 4.69) is 4.90 Å². The van der Waals surface area contributed by atoms with Gasteiger partial charge in [0.05, 0.1) is 19.8 Å². The Hall–Kier alpha value is -1.37. The molecule has 1 N–H and O–H groups in total. The average molecular weight is 285 g/mol. The molecule has 0 aliphatic rings. The fourth-order valence-electron chi connectivity index (χ4n) is 2.04. The van der Waals surface area contributed by atoms with Gasteiger partial charge in [-0.1, -0.05) is 0 Å². The first-order chi connectivity index (χ1) is 9.49. The molecule has 1 unspecified atom stereocenters. The number of ether oxygens (including phenoxy) is 2. The number of aromatic carboxylic acids is 1. The number of carboxylic acid groups (broad SMARTS) is 1. The molecular weight excluding hydrogens is 262 g/mol. The van der Waals surface area contributed by atoms with Gasteiger partial charge in [0.1, 0.15) is 17.1 Å². The molecular formula is C14H23NO5. The second-order valence-corrected chi connectivity index (χ2v) is 4.76. The monoisotopic (exact) mass is 285 g/mol. The van der Waals surface area contributed by atoms with Crippen molar-refractivity contribution in [2.24, 2.45) is 0 Å². The third kappa shape index (κ3) is 4.63. The van der Waals surface area contributed by atoms with Crippen LogP contribution in [0.5, 0.6) is 0 Å². The van der Waals surface area contributed by atoms with Gasteiger partial charge in [0.25, 0.3) is 0 Å². The van der Waals surface area contributed by atoms with Crippen LogP contribution in [-0.2, 0) is 16.0 Å². The van der Waals surface area contributed by atoms with E-state index < -0.39 is 5.97 Å². The van der Waals surface area contributed by atoms with Gasteiger partial charge in [-0.05, 0) is 19.9 Å². The highest BCUT2D eigenvalue weighted by molar-refractivity contribution is 5.88. The predicted molar refractivity (Wildman–Crippen MR) is 74.0 cm³/mol. The largest absolute Gasteiger partial charge is 0.478 e. The molecule has 1 aromatic heterocycles. The number of carboxylic acids is 1. The molecule has 0 bridgehead atoms. The van der Waals surface area contributed by atoms with Crippen LogP contribution in [0.15, 0.2) is 10.5 Å². The Morgan fingerprint density at radius 3 is 2.65 bits per heavy atom. The lowest BCUT2D eigenvalue weighted by Gasteiger charge is -2.27. The molecule has 0 aliphatic carbocycles. The molecule has 0 spiro atoms. The first kappa shape index (κ1) is 16.7. The van der Waals surface area contributed by atoms with Gasteiger partial charge in [-0.3, -0.25) is 4.90 Å². The first-order valence-electron chi connectivity index (χ1n) is 6.54. The van der Waals surface area contributed by atoms with Crippen LogP contribution < -0.4 is 0 Å². The minimum Gasteiger partial charge on any atom is -0.478 e. The van der Waals surface area contributed by atoms with E-state index in [0.29, 0.717) is 31.3 Å². The Kier molecular flexibility index (Phi) is 6.70. The molecule has 6 heteroatoms. The number of carbonyl (C=O) groups is 1. The molecule has 1 rings (SSSR count). The molecule has 0 amide bonds. The summed E-state index contributed by atoms with van der Waals surface area (Å²) in [7, 11) is 3.31. The standard InChI is InChI=1S/C14H23NO5/c1-10(9-19-4)15(5-6-18-3)8-12-7-13(14(16)17)11(2)20-12/h7,10H,5-6,8-9H2,1-4H3,(H,16,17). The van der Waals surface area contributed by atoms with E-state index in [0.717, 1.165) is 6.54 Å². The van der Waals surface area contributed by atoms with Crippen molar-refractivity contribution in [3.63, 3.8) is 0 Å². The molecule has 1 atom stereocenters. The molecule has 1 heterocycles. The zero-order valence-electron chi connectivity index (χ0n) is 12.5. The van der Waals surface area contributed by atoms with Crippen molar-refractivity contribution in [3.8, 4) is 0 Å². The van der Waals surface area contributed by atoms with E-state index in [4.69, 9.17) is 19.0 Å². The molecule has 114 valence electrons. The van der Waals surface area contributed by atoms with E-state index in [1.165, 1.54) is 0 Å². The highest BCUT2D eigenvalue weighted by Crippen LogP contribution is 2.17. The van der Waals surface area contributed by atoms with E-state index in [9.17, 15) is 4.79 Å². The van der Waals surface area contributed by atoms with Crippen LogP contribution in [0.4, 0.5) is 0 Å². The second-order valence-electron chi connectivity index (χ2n) is 4.76. The fourth-order valence-corrected chi connectivity index (χ4v) is 2.04. The van der Waals surface area contributed by atoms with Crippen LogP contribution in [0.25, 0.3) is 0 Å². The summed E-state index contributed by atoms with van der Waals surface area (Å²) in [6.45, 7) is 6.15. The molecule has 0 saturated carbocycles. The number of aryl methyl sites for hydroxylation is 1. The molecule has 6 nitrogen and oxygen atoms in total. The van der Waals surface area contributed by atoms with Crippen molar-refractivity contribution < 1.29 is 23.8 Å². The number of nitrogens with zero attached hydrogens (tertiary/aromatic N) is 1. The van der Waals surface area contributed by atoms with Gasteiger partial charge in [-0.15, -0.1) is 0 Å². The Morgan fingerprint density at radius 2 is 2.15 bits per heavy atom. The maximum absolute atomic E-state index is 11.0. The molecule has 0 aromatic carbocycles. The van der Waals surface area contributed by atoms with Crippen molar-refractivity contribution in [1.29, 1.82) is 0 Å². The maximum atomic E-state index is 11.0. The van der Waals surface area contributed by atoms with Crippen molar-refractivity contribution in [2.75, 3.05) is 34.0 Å². The third-order valence-corrected chi connectivity index (χ3v) is 3.17. The zero-order valence-corrected chi connectivity index (χ0v) is 12.5. The lowest BCUT2D eigenvalue weighted by Crippen LogP contribution is -2.37. The van der Waals surface area contributed by atoms with E-state index in [1.807, 2.05) is 6.92 Å². The fraction of sp³-hybridized carbons (Fsp3) is 0.643. The minimum absolute atomic E-state index is 0.189. The lowest BCUT2D eigenvalue weighted by molar-refractivity contribution is 0.0662. The van der Waals surface area contributed by atoms with Gasteiger partial charge < -0.3 is 19.0 Å². The lowest BCUT2D eigenvalue weighted by atomic mass is 10.2. The van der Waals surface area contributed by atoms with Crippen LogP contribution in [0.2, 0.25) is 0 Å². The highest BCUT2D eigenvalue weighted by Gasteiger charge is 2.19. The average Bonchev–Trinajstić information content (AvgIpc) is 2.76. The zero-order chi connectivity index (χ0) is 15.1. The molecule has 0 aliphatic heterocycles. The van der Waals surface area contributed by atoms with Crippen molar-refractivity contribution >= 4 is 5.97 Å². The highest BCUT2D eigenvalue weighted by atomic mass is 16.5. The molecule has 1 aromatic rings. The minimum atomic E-state index is -0.967. The Labute approximate surface area is 119 Å². The topological polar surface area (TPSA) is 72.1 Å². The Balaban J connectivity index is 2.77. The number of rotatable bonds is 9. The Bertz CT molecular complexity index is 429. The number of furan rings is 1. The van der Waals surface area contributed by atoms with Crippen molar-refractivity contribution in [2.45, 2.75) is 26.4 Å². The normalized spacial score (nSPS) is 12.8. The predicted octanol–water partition coefficient (Wildman–Crippen LogP) is 1.77. The van der Waals surface area contributed by atoms with Gasteiger partial charge in [0, 0.05) is 26.8 Å². The van der Waals surface area contributed by atoms with Gasteiger partial charge in [-0.25, -0.2) is 4.79 Å². The molecule has 0 saturated heterocycles. The van der Waals surface area contributed by atoms with Crippen LogP contribution in [0, 0.1) is 6.92 Å². The van der Waals surface area contributed by atoms with Crippen LogP contribution in [0.1, 0.15) is 28.8 Å². The molecule has 20 heavy (non-hydrogen) atoms. The van der Waals surface area contributed by atoms with E-state index >= 15 is 0 Å². The van der Waals surface area contributed by atoms with Crippen LogP contribution in [0.3, 0.4) is 0 Å². The van der Waals surface area contributed by atoms with Crippen LogP contribution >= 0.6 is 0 Å². The molecule has 0 fully saturated rings. The van der Waals surface area contributed by atoms with E-state index in [-0.39, 0.29) is 11.6 Å². The summed E-state index contributed by atoms with van der Waals surface area (Å²) in [6, 6.07) is 1.77. The number of methoxy groups -OCH3 is 2. The third-order valence-electron chi connectivity index (χ3n) is 3.17. The van der Waals surface area contributed by atoms with Crippen molar-refractivity contribution in [1.82, 2.24) is 4.90 Å². The summed E-state index contributed by atoms with van der Waals surface area (Å²) in [6.07, 6.45) is 0. The SMILES string of the molecule is COCCN(Cc1cc(C(=O)O)c(C)o1)C(C)COC. The first-order valence-corrected chi connectivity index (χ1v) is 6.54. The second kappa shape index (κ2) is 8.04. The summed E-state index contributed by atoms with van der Waals surface area (Å²) >= 11 is 0.